The van der Waals surface area contributed by atoms with E-state index in [0.717, 1.165) is 17.0 Å². The fourth-order valence-electron chi connectivity index (χ4n) is 1.79. The molecule has 0 bridgehead atoms. The van der Waals surface area contributed by atoms with Crippen LogP contribution < -0.4 is 5.73 Å². The third kappa shape index (κ3) is 2.62. The highest BCUT2D eigenvalue weighted by atomic mass is 32.1. The summed E-state index contributed by atoms with van der Waals surface area (Å²) in [6.07, 6.45) is 0.767. The van der Waals surface area contributed by atoms with Crippen molar-refractivity contribution in [1.29, 1.82) is 0 Å². The van der Waals surface area contributed by atoms with Gasteiger partial charge in [0.15, 0.2) is 5.13 Å². The van der Waals surface area contributed by atoms with Crippen LogP contribution in [-0.2, 0) is 10.3 Å². The monoisotopic (exact) mass is 282 g/mol. The Bertz CT molecular complexity index is 566. The molecule has 1 atom stereocenters. The maximum absolute atomic E-state index is 5.73. The number of aryl methyl sites for hydroxylation is 1. The van der Waals surface area contributed by atoms with Gasteiger partial charge in [0, 0.05) is 6.61 Å². The lowest BCUT2D eigenvalue weighted by Gasteiger charge is -2.23. The van der Waals surface area contributed by atoms with E-state index in [0.29, 0.717) is 23.5 Å². The zero-order chi connectivity index (χ0) is 14.0. The molecular weight excluding hydrogens is 264 g/mol. The minimum absolute atomic E-state index is 0.445. The van der Waals surface area contributed by atoms with E-state index in [1.165, 1.54) is 11.3 Å². The zero-order valence-electron chi connectivity index (χ0n) is 11.6. The summed E-state index contributed by atoms with van der Waals surface area (Å²) >= 11 is 1.34. The minimum Gasteiger partial charge on any atom is -0.375 e. The van der Waals surface area contributed by atoms with Crippen molar-refractivity contribution in [3.8, 4) is 10.8 Å². The van der Waals surface area contributed by atoms with E-state index < -0.39 is 5.60 Å². The molecule has 2 heterocycles. The standard InChI is InChI=1S/C12H18N4O2S/c1-5-12(4,17-6-2)10-15-9(18-16-10)8-7(3)14-11(13)19-8/h5-6H2,1-4H3,(H2,13,14). The largest absolute Gasteiger partial charge is 0.375 e. The summed E-state index contributed by atoms with van der Waals surface area (Å²) in [6, 6.07) is 0. The highest BCUT2D eigenvalue weighted by Crippen LogP contribution is 2.33. The summed E-state index contributed by atoms with van der Waals surface area (Å²) in [4.78, 5) is 9.39. The number of hydrogen-bond donors (Lipinski definition) is 1. The second-order valence-corrected chi connectivity index (χ2v) is 5.44. The van der Waals surface area contributed by atoms with Gasteiger partial charge in [-0.1, -0.05) is 23.4 Å². The topological polar surface area (TPSA) is 87.1 Å². The van der Waals surface area contributed by atoms with Crippen LogP contribution in [0, 0.1) is 6.92 Å². The molecular formula is C12H18N4O2S. The molecule has 0 saturated heterocycles. The van der Waals surface area contributed by atoms with Gasteiger partial charge in [-0.05, 0) is 27.2 Å². The molecule has 2 rings (SSSR count). The van der Waals surface area contributed by atoms with Crippen molar-refractivity contribution in [3.63, 3.8) is 0 Å². The number of nitrogens with zero attached hydrogens (tertiary/aromatic N) is 3. The van der Waals surface area contributed by atoms with Crippen molar-refractivity contribution < 1.29 is 9.26 Å². The minimum atomic E-state index is -0.527. The van der Waals surface area contributed by atoms with Gasteiger partial charge in [0.1, 0.15) is 10.5 Å². The van der Waals surface area contributed by atoms with Gasteiger partial charge in [-0.3, -0.25) is 0 Å². The van der Waals surface area contributed by atoms with Crippen molar-refractivity contribution in [3.05, 3.63) is 11.5 Å². The lowest BCUT2D eigenvalue weighted by Crippen LogP contribution is -2.26. The summed E-state index contributed by atoms with van der Waals surface area (Å²) in [5, 5.41) is 4.53. The van der Waals surface area contributed by atoms with Crippen LogP contribution in [0.2, 0.25) is 0 Å². The van der Waals surface area contributed by atoms with Gasteiger partial charge in [0.2, 0.25) is 5.82 Å². The summed E-state index contributed by atoms with van der Waals surface area (Å²) in [5.74, 6) is 0.999. The second-order valence-electron chi connectivity index (χ2n) is 4.41. The smallest absolute Gasteiger partial charge is 0.270 e. The lowest BCUT2D eigenvalue weighted by atomic mass is 10.0. The number of hydrogen-bond acceptors (Lipinski definition) is 7. The second kappa shape index (κ2) is 5.26. The molecule has 0 aromatic carbocycles. The number of thiazole rings is 1. The number of ether oxygens (including phenoxy) is 1. The third-order valence-corrected chi connectivity index (χ3v) is 4.02. The van der Waals surface area contributed by atoms with Crippen LogP contribution in [0.1, 0.15) is 38.7 Å². The Kier molecular flexibility index (Phi) is 3.86. The molecule has 0 fully saturated rings. The Labute approximate surface area is 116 Å². The molecule has 0 aliphatic rings. The average molecular weight is 282 g/mol. The first kappa shape index (κ1) is 14.0. The molecule has 104 valence electrons. The summed E-state index contributed by atoms with van der Waals surface area (Å²) in [7, 11) is 0. The molecule has 6 nitrogen and oxygen atoms in total. The van der Waals surface area contributed by atoms with E-state index >= 15 is 0 Å². The molecule has 1 unspecified atom stereocenters. The quantitative estimate of drug-likeness (QED) is 0.907. The Morgan fingerprint density at radius 2 is 2.11 bits per heavy atom. The fourth-order valence-corrected chi connectivity index (χ4v) is 2.54. The molecule has 19 heavy (non-hydrogen) atoms. The molecule has 2 N–H and O–H groups in total. The van der Waals surface area contributed by atoms with Gasteiger partial charge in [-0.2, -0.15) is 4.98 Å². The number of nitrogen functional groups attached to an aromatic ring is 1. The first-order valence-corrected chi connectivity index (χ1v) is 7.03. The Balaban J connectivity index is 2.35. The Morgan fingerprint density at radius 3 is 2.63 bits per heavy atom. The van der Waals surface area contributed by atoms with Crippen LogP contribution in [0.25, 0.3) is 10.8 Å². The van der Waals surface area contributed by atoms with Gasteiger partial charge < -0.3 is 15.0 Å². The molecule has 7 heteroatoms. The van der Waals surface area contributed by atoms with E-state index in [2.05, 4.69) is 15.1 Å². The number of aromatic nitrogens is 3. The Hall–Kier alpha value is -1.47. The molecule has 0 saturated carbocycles. The predicted octanol–water partition coefficient (Wildman–Crippen LogP) is 2.75. The summed E-state index contributed by atoms with van der Waals surface area (Å²) in [5.41, 5.74) is 5.95. The van der Waals surface area contributed by atoms with Gasteiger partial charge in [-0.15, -0.1) is 0 Å². The van der Waals surface area contributed by atoms with Crippen LogP contribution in [0.5, 0.6) is 0 Å². The van der Waals surface area contributed by atoms with Crippen LogP contribution in [0.3, 0.4) is 0 Å². The highest BCUT2D eigenvalue weighted by molar-refractivity contribution is 7.18. The first-order valence-electron chi connectivity index (χ1n) is 6.21. The SMILES string of the molecule is CCOC(C)(CC)c1noc(-c2sc(N)nc2C)n1. The van der Waals surface area contributed by atoms with Crippen LogP contribution in [0.4, 0.5) is 5.13 Å². The zero-order valence-corrected chi connectivity index (χ0v) is 12.4. The van der Waals surface area contributed by atoms with Gasteiger partial charge in [0.05, 0.1) is 5.69 Å². The molecule has 0 aliphatic carbocycles. The molecule has 2 aromatic rings. The maximum atomic E-state index is 5.73. The van der Waals surface area contributed by atoms with Crippen molar-refractivity contribution in [2.45, 2.75) is 39.7 Å². The number of nitrogens with two attached hydrogens (primary N) is 1. The van der Waals surface area contributed by atoms with Crippen molar-refractivity contribution in [2.24, 2.45) is 0 Å². The van der Waals surface area contributed by atoms with Crippen molar-refractivity contribution in [1.82, 2.24) is 15.1 Å². The molecule has 0 spiro atoms. The van der Waals surface area contributed by atoms with Crippen molar-refractivity contribution in [2.75, 3.05) is 12.3 Å². The predicted molar refractivity (Wildman–Crippen MR) is 73.8 cm³/mol. The van der Waals surface area contributed by atoms with E-state index in [1.54, 1.807) is 0 Å². The first-order chi connectivity index (χ1) is 9.00. The van der Waals surface area contributed by atoms with E-state index in [-0.39, 0.29) is 0 Å². The van der Waals surface area contributed by atoms with E-state index in [1.807, 2.05) is 27.7 Å². The van der Waals surface area contributed by atoms with Gasteiger partial charge in [-0.25, -0.2) is 4.98 Å². The van der Waals surface area contributed by atoms with Gasteiger partial charge in [0.25, 0.3) is 5.89 Å². The summed E-state index contributed by atoms with van der Waals surface area (Å²) in [6.45, 7) is 8.40. The molecule has 0 aliphatic heterocycles. The van der Waals surface area contributed by atoms with Crippen molar-refractivity contribution >= 4 is 16.5 Å². The third-order valence-electron chi connectivity index (χ3n) is 3.04. The Morgan fingerprint density at radius 1 is 1.37 bits per heavy atom. The molecule has 0 radical (unpaired) electrons. The fraction of sp³-hybridized carbons (Fsp3) is 0.583. The number of rotatable bonds is 5. The maximum Gasteiger partial charge on any atom is 0.270 e. The molecule has 0 amide bonds. The van der Waals surface area contributed by atoms with E-state index in [4.69, 9.17) is 15.0 Å². The van der Waals surface area contributed by atoms with Crippen LogP contribution in [-0.4, -0.2) is 21.7 Å². The lowest BCUT2D eigenvalue weighted by molar-refractivity contribution is -0.0403. The summed E-state index contributed by atoms with van der Waals surface area (Å²) < 4.78 is 11.0. The average Bonchev–Trinajstić information content (AvgIpc) is 2.96. The number of anilines is 1. The highest BCUT2D eigenvalue weighted by Gasteiger charge is 2.31. The van der Waals surface area contributed by atoms with Gasteiger partial charge >= 0.3 is 0 Å². The molecule has 2 aromatic heterocycles. The van der Waals surface area contributed by atoms with Crippen LogP contribution >= 0.6 is 11.3 Å². The van der Waals surface area contributed by atoms with E-state index in [9.17, 15) is 0 Å². The van der Waals surface area contributed by atoms with Crippen LogP contribution in [0.15, 0.2) is 4.52 Å². The normalized spacial score (nSPS) is 14.5.